The third-order valence-corrected chi connectivity index (χ3v) is 1.32. The molecule has 0 aliphatic carbocycles. The largest absolute Gasteiger partial charge is 0.205 e. The fourth-order valence-corrected chi connectivity index (χ4v) is 0.681. The van der Waals surface area contributed by atoms with Crippen LogP contribution >= 0.6 is 0 Å². The van der Waals surface area contributed by atoms with Gasteiger partial charge in [-0.25, -0.2) is 4.57 Å². The van der Waals surface area contributed by atoms with Crippen LogP contribution in [0.25, 0.3) is 0 Å². The third kappa shape index (κ3) is 1.53. The van der Waals surface area contributed by atoms with Gasteiger partial charge < -0.3 is 0 Å². The smallest absolute Gasteiger partial charge is 0.169 e. The topological polar surface area (TPSA) is 3.88 Å². The molecule has 1 nitrogen and oxygen atoms in total. The van der Waals surface area contributed by atoms with Crippen molar-refractivity contribution in [3.05, 3.63) is 37.0 Å². The molecule has 9 heavy (non-hydrogen) atoms. The van der Waals surface area contributed by atoms with E-state index >= 15 is 0 Å². The van der Waals surface area contributed by atoms with E-state index in [9.17, 15) is 0 Å². The first-order valence-electron chi connectivity index (χ1n) is 3.08. The van der Waals surface area contributed by atoms with Crippen LogP contribution in [0.5, 0.6) is 0 Å². The molecule has 0 bridgehead atoms. The SMILES string of the molecule is [CH2]C[n+]1ccc(C)cc1. The van der Waals surface area contributed by atoms with E-state index in [0.717, 1.165) is 6.54 Å². The molecule has 0 saturated heterocycles. The predicted octanol–water partition coefficient (Wildman–Crippen LogP) is 1.12. The first kappa shape index (κ1) is 6.27. The summed E-state index contributed by atoms with van der Waals surface area (Å²) < 4.78 is 2.03. The second kappa shape index (κ2) is 2.62. The molecule has 0 aliphatic heterocycles. The predicted molar refractivity (Wildman–Crippen MR) is 36.7 cm³/mol. The summed E-state index contributed by atoms with van der Waals surface area (Å²) in [6.45, 7) is 6.63. The highest BCUT2D eigenvalue weighted by Gasteiger charge is 1.91. The van der Waals surface area contributed by atoms with Crippen LogP contribution in [0.2, 0.25) is 0 Å². The molecule has 1 heterocycles. The summed E-state index contributed by atoms with van der Waals surface area (Å²) in [6.07, 6.45) is 4.06. The van der Waals surface area contributed by atoms with Gasteiger partial charge in [0.1, 0.15) is 6.54 Å². The fraction of sp³-hybridized carbons (Fsp3) is 0.250. The maximum Gasteiger partial charge on any atom is 0.169 e. The summed E-state index contributed by atoms with van der Waals surface area (Å²) in [5.74, 6) is 0. The van der Waals surface area contributed by atoms with Crippen molar-refractivity contribution >= 4 is 0 Å². The molecule has 1 heteroatoms. The van der Waals surface area contributed by atoms with E-state index in [2.05, 4.69) is 26.0 Å². The summed E-state index contributed by atoms with van der Waals surface area (Å²) >= 11 is 0. The normalized spacial score (nSPS) is 9.56. The van der Waals surface area contributed by atoms with E-state index in [-0.39, 0.29) is 0 Å². The van der Waals surface area contributed by atoms with Crippen molar-refractivity contribution in [2.24, 2.45) is 0 Å². The van der Waals surface area contributed by atoms with Gasteiger partial charge in [0, 0.05) is 19.1 Å². The number of nitrogens with zero attached hydrogens (tertiary/aromatic N) is 1. The standard InChI is InChI=1S/C8H11N/c1-3-9-6-4-8(2)5-7-9/h4-7H,1,3H2,2H3/q+1. The van der Waals surface area contributed by atoms with Gasteiger partial charge in [0.05, 0.1) is 0 Å². The highest BCUT2D eigenvalue weighted by Crippen LogP contribution is 1.88. The first-order chi connectivity index (χ1) is 4.33. The van der Waals surface area contributed by atoms with Crippen molar-refractivity contribution < 1.29 is 4.57 Å². The minimum absolute atomic E-state index is 0.806. The lowest BCUT2D eigenvalue weighted by atomic mass is 10.3. The van der Waals surface area contributed by atoms with Crippen molar-refractivity contribution in [3.63, 3.8) is 0 Å². The van der Waals surface area contributed by atoms with E-state index in [0.29, 0.717) is 0 Å². The summed E-state index contributed by atoms with van der Waals surface area (Å²) in [4.78, 5) is 0. The van der Waals surface area contributed by atoms with Crippen LogP contribution in [0.1, 0.15) is 5.56 Å². The molecule has 0 N–H and O–H groups in total. The molecule has 0 unspecified atom stereocenters. The Morgan fingerprint density at radius 1 is 1.44 bits per heavy atom. The minimum Gasteiger partial charge on any atom is -0.205 e. The van der Waals surface area contributed by atoms with Crippen molar-refractivity contribution in [1.82, 2.24) is 0 Å². The molecule has 0 spiro atoms. The number of aromatic nitrogens is 1. The molecule has 1 aromatic rings. The molecule has 47 valence electrons. The van der Waals surface area contributed by atoms with E-state index in [1.807, 2.05) is 17.0 Å². The molecule has 1 radical (unpaired) electrons. The molecule has 0 aromatic carbocycles. The van der Waals surface area contributed by atoms with E-state index in [1.54, 1.807) is 0 Å². The Morgan fingerprint density at radius 3 is 2.44 bits per heavy atom. The number of rotatable bonds is 1. The highest BCUT2D eigenvalue weighted by molar-refractivity contribution is 5.03. The summed E-state index contributed by atoms with van der Waals surface area (Å²) in [7, 11) is 0. The fourth-order valence-electron chi connectivity index (χ4n) is 0.681. The zero-order valence-electron chi connectivity index (χ0n) is 5.67. The molecule has 1 rings (SSSR count). The van der Waals surface area contributed by atoms with Crippen LogP contribution in [-0.2, 0) is 6.54 Å². The van der Waals surface area contributed by atoms with Crippen LogP contribution in [0.3, 0.4) is 0 Å². The minimum atomic E-state index is 0.806. The Balaban J connectivity index is 2.88. The van der Waals surface area contributed by atoms with Crippen molar-refractivity contribution in [3.8, 4) is 0 Å². The Bertz CT molecular complexity index is 176. The number of pyridine rings is 1. The van der Waals surface area contributed by atoms with Crippen LogP contribution in [0, 0.1) is 13.8 Å². The van der Waals surface area contributed by atoms with E-state index in [1.165, 1.54) is 5.56 Å². The number of hydrogen-bond acceptors (Lipinski definition) is 0. The van der Waals surface area contributed by atoms with Gasteiger partial charge >= 0.3 is 0 Å². The number of aryl methyl sites for hydroxylation is 1. The van der Waals surface area contributed by atoms with Crippen LogP contribution < -0.4 is 4.57 Å². The molecular formula is C8H11N+. The van der Waals surface area contributed by atoms with Gasteiger partial charge in [-0.05, 0) is 12.5 Å². The zero-order chi connectivity index (χ0) is 6.69. The molecule has 1 aromatic heterocycles. The Kier molecular flexibility index (Phi) is 1.83. The van der Waals surface area contributed by atoms with E-state index in [4.69, 9.17) is 0 Å². The summed E-state index contributed by atoms with van der Waals surface area (Å²) in [6, 6.07) is 4.15. The van der Waals surface area contributed by atoms with Gasteiger partial charge in [0.25, 0.3) is 0 Å². The first-order valence-corrected chi connectivity index (χ1v) is 3.08. The van der Waals surface area contributed by atoms with Gasteiger partial charge in [-0.3, -0.25) is 0 Å². The average molecular weight is 121 g/mol. The quantitative estimate of drug-likeness (QED) is 0.490. The molecule has 0 saturated carbocycles. The lowest BCUT2D eigenvalue weighted by molar-refractivity contribution is -0.687. The lowest BCUT2D eigenvalue weighted by Gasteiger charge is -1.89. The molecule has 0 aliphatic rings. The average Bonchev–Trinajstić information content (AvgIpc) is 1.90. The zero-order valence-corrected chi connectivity index (χ0v) is 5.67. The van der Waals surface area contributed by atoms with Crippen LogP contribution in [0.15, 0.2) is 24.5 Å². The van der Waals surface area contributed by atoms with Crippen molar-refractivity contribution in [2.75, 3.05) is 0 Å². The second-order valence-corrected chi connectivity index (χ2v) is 2.11. The molecular weight excluding hydrogens is 110 g/mol. The molecule has 0 fully saturated rings. The third-order valence-electron chi connectivity index (χ3n) is 1.32. The van der Waals surface area contributed by atoms with Crippen molar-refractivity contribution in [2.45, 2.75) is 13.5 Å². The lowest BCUT2D eigenvalue weighted by Crippen LogP contribution is -2.30. The second-order valence-electron chi connectivity index (χ2n) is 2.11. The van der Waals surface area contributed by atoms with Gasteiger partial charge in [0.15, 0.2) is 12.4 Å². The van der Waals surface area contributed by atoms with Gasteiger partial charge in [-0.2, -0.15) is 0 Å². The monoisotopic (exact) mass is 121 g/mol. The highest BCUT2D eigenvalue weighted by atomic mass is 14.9. The summed E-state index contributed by atoms with van der Waals surface area (Å²) in [5, 5.41) is 0. The Morgan fingerprint density at radius 2 is 2.00 bits per heavy atom. The molecule has 0 amide bonds. The van der Waals surface area contributed by atoms with Crippen molar-refractivity contribution in [1.29, 1.82) is 0 Å². The van der Waals surface area contributed by atoms with E-state index < -0.39 is 0 Å². The van der Waals surface area contributed by atoms with Crippen LogP contribution in [-0.4, -0.2) is 0 Å². The Labute approximate surface area is 56.0 Å². The van der Waals surface area contributed by atoms with Crippen LogP contribution in [0.4, 0.5) is 0 Å². The van der Waals surface area contributed by atoms with Gasteiger partial charge in [-0.1, -0.05) is 0 Å². The molecule has 0 atom stereocenters. The Hall–Kier alpha value is -0.850. The number of hydrogen-bond donors (Lipinski definition) is 0. The van der Waals surface area contributed by atoms with Gasteiger partial charge in [0.2, 0.25) is 0 Å². The van der Waals surface area contributed by atoms with Gasteiger partial charge in [-0.15, -0.1) is 0 Å². The maximum absolute atomic E-state index is 3.75. The summed E-state index contributed by atoms with van der Waals surface area (Å²) in [5.41, 5.74) is 1.29. The maximum atomic E-state index is 3.75.